The lowest BCUT2D eigenvalue weighted by Gasteiger charge is -2.24. The maximum Gasteiger partial charge on any atom is 0.0848 e. The quantitative estimate of drug-likeness (QED) is 0.723. The normalized spacial score (nSPS) is 14.6. The number of aromatic nitrogens is 2. The van der Waals surface area contributed by atoms with E-state index in [1.54, 1.807) is 0 Å². The third-order valence-electron chi connectivity index (χ3n) is 3.27. The van der Waals surface area contributed by atoms with Gasteiger partial charge in [-0.1, -0.05) is 18.5 Å². The Morgan fingerprint density at radius 2 is 2.05 bits per heavy atom. The maximum absolute atomic E-state index is 10.5. The highest BCUT2D eigenvalue weighted by atomic mass is 35.5. The molecule has 0 aromatic carbocycles. The zero-order valence-electron chi connectivity index (χ0n) is 12.5. The van der Waals surface area contributed by atoms with Gasteiger partial charge in [0, 0.05) is 13.0 Å². The molecule has 0 radical (unpaired) electrons. The molecule has 2 N–H and O–H groups in total. The average molecular weight is 288 g/mol. The van der Waals surface area contributed by atoms with Crippen LogP contribution >= 0.6 is 11.6 Å². The molecule has 0 bridgehead atoms. The van der Waals surface area contributed by atoms with Crippen LogP contribution in [0.1, 0.15) is 45.0 Å². The Balaban J connectivity index is 2.66. The molecule has 4 nitrogen and oxygen atoms in total. The first-order chi connectivity index (χ1) is 8.91. The van der Waals surface area contributed by atoms with Crippen molar-refractivity contribution in [2.75, 3.05) is 13.1 Å². The van der Waals surface area contributed by atoms with E-state index >= 15 is 0 Å². The van der Waals surface area contributed by atoms with E-state index in [0.717, 1.165) is 37.4 Å². The van der Waals surface area contributed by atoms with Gasteiger partial charge in [0.15, 0.2) is 0 Å². The van der Waals surface area contributed by atoms with Gasteiger partial charge in [-0.2, -0.15) is 5.10 Å². The van der Waals surface area contributed by atoms with Crippen molar-refractivity contribution in [3.8, 4) is 0 Å². The fourth-order valence-corrected chi connectivity index (χ4v) is 2.35. The Kier molecular flexibility index (Phi) is 6.30. The summed E-state index contributed by atoms with van der Waals surface area (Å²) in [6.07, 6.45) is 2.35. The van der Waals surface area contributed by atoms with Gasteiger partial charge in [-0.3, -0.25) is 4.68 Å². The van der Waals surface area contributed by atoms with Crippen LogP contribution in [0.5, 0.6) is 0 Å². The Bertz CT molecular complexity index is 402. The van der Waals surface area contributed by atoms with Crippen molar-refractivity contribution in [3.63, 3.8) is 0 Å². The molecule has 0 saturated heterocycles. The first-order valence-corrected chi connectivity index (χ1v) is 7.44. The number of hydrogen-bond acceptors (Lipinski definition) is 3. The van der Waals surface area contributed by atoms with Crippen molar-refractivity contribution in [2.24, 2.45) is 0 Å². The second kappa shape index (κ2) is 7.27. The number of nitrogens with one attached hydrogen (secondary N) is 1. The fraction of sp³-hybridized carbons (Fsp3) is 0.786. The third-order valence-corrected chi connectivity index (χ3v) is 3.76. The lowest BCUT2D eigenvalue weighted by atomic mass is 9.96. The first kappa shape index (κ1) is 16.5. The molecule has 1 atom stereocenters. The van der Waals surface area contributed by atoms with Crippen LogP contribution in [0.3, 0.4) is 0 Å². The van der Waals surface area contributed by atoms with Crippen LogP contribution in [-0.4, -0.2) is 33.6 Å². The SMILES string of the molecule is CCCNCCC(C)(O)Cc1c(Cl)c(C)nn1CC. The highest BCUT2D eigenvalue weighted by molar-refractivity contribution is 6.31. The standard InChI is InChI=1S/C14H26ClN3O/c1-5-8-16-9-7-14(4,19)10-12-13(15)11(3)17-18(12)6-2/h16,19H,5-10H2,1-4H3. The second-order valence-electron chi connectivity index (χ2n) is 5.34. The molecular formula is C14H26ClN3O. The van der Waals surface area contributed by atoms with Crippen LogP contribution in [-0.2, 0) is 13.0 Å². The molecule has 1 aromatic heterocycles. The van der Waals surface area contributed by atoms with Crippen molar-refractivity contribution >= 4 is 11.6 Å². The molecular weight excluding hydrogens is 262 g/mol. The third kappa shape index (κ3) is 4.79. The zero-order chi connectivity index (χ0) is 14.5. The predicted molar refractivity (Wildman–Crippen MR) is 79.8 cm³/mol. The molecule has 1 aromatic rings. The predicted octanol–water partition coefficient (Wildman–Crippen LogP) is 2.55. The van der Waals surface area contributed by atoms with Crippen molar-refractivity contribution in [3.05, 3.63) is 16.4 Å². The monoisotopic (exact) mass is 287 g/mol. The van der Waals surface area contributed by atoms with Gasteiger partial charge in [0.1, 0.15) is 0 Å². The van der Waals surface area contributed by atoms with E-state index in [4.69, 9.17) is 11.6 Å². The molecule has 110 valence electrons. The van der Waals surface area contributed by atoms with Gasteiger partial charge >= 0.3 is 0 Å². The molecule has 0 aliphatic rings. The van der Waals surface area contributed by atoms with Gasteiger partial charge in [-0.05, 0) is 46.7 Å². The Hall–Kier alpha value is -0.580. The van der Waals surface area contributed by atoms with Crippen LogP contribution < -0.4 is 5.32 Å². The minimum atomic E-state index is -0.760. The van der Waals surface area contributed by atoms with Crippen molar-refractivity contribution in [1.82, 2.24) is 15.1 Å². The van der Waals surface area contributed by atoms with E-state index in [9.17, 15) is 5.11 Å². The van der Waals surface area contributed by atoms with Gasteiger partial charge in [0.25, 0.3) is 0 Å². The van der Waals surface area contributed by atoms with E-state index in [1.807, 2.05) is 25.5 Å². The number of hydrogen-bond donors (Lipinski definition) is 2. The molecule has 1 rings (SSSR count). The van der Waals surface area contributed by atoms with E-state index in [-0.39, 0.29) is 0 Å². The average Bonchev–Trinajstić information content (AvgIpc) is 2.62. The summed E-state index contributed by atoms with van der Waals surface area (Å²) in [4.78, 5) is 0. The van der Waals surface area contributed by atoms with Crippen LogP contribution in [0.25, 0.3) is 0 Å². The zero-order valence-corrected chi connectivity index (χ0v) is 13.2. The summed E-state index contributed by atoms with van der Waals surface area (Å²) in [7, 11) is 0. The molecule has 0 saturated carbocycles. The summed E-state index contributed by atoms with van der Waals surface area (Å²) >= 11 is 6.27. The molecule has 0 spiro atoms. The van der Waals surface area contributed by atoms with Crippen molar-refractivity contribution in [2.45, 2.75) is 59.1 Å². The number of aliphatic hydroxyl groups is 1. The molecule has 5 heteroatoms. The summed E-state index contributed by atoms with van der Waals surface area (Å²) in [5.74, 6) is 0. The highest BCUT2D eigenvalue weighted by Gasteiger charge is 2.25. The largest absolute Gasteiger partial charge is 0.390 e. The first-order valence-electron chi connectivity index (χ1n) is 7.06. The van der Waals surface area contributed by atoms with Crippen molar-refractivity contribution in [1.29, 1.82) is 0 Å². The van der Waals surface area contributed by atoms with Crippen LogP contribution in [0.2, 0.25) is 5.02 Å². The van der Waals surface area contributed by atoms with Crippen LogP contribution in [0, 0.1) is 6.92 Å². The molecule has 1 unspecified atom stereocenters. The van der Waals surface area contributed by atoms with E-state index < -0.39 is 5.60 Å². The minimum absolute atomic E-state index is 0.536. The summed E-state index contributed by atoms with van der Waals surface area (Å²) in [6.45, 7) is 10.5. The smallest absolute Gasteiger partial charge is 0.0848 e. The van der Waals surface area contributed by atoms with Crippen LogP contribution in [0.4, 0.5) is 0 Å². The lowest BCUT2D eigenvalue weighted by molar-refractivity contribution is 0.0495. The summed E-state index contributed by atoms with van der Waals surface area (Å²) in [5, 5.41) is 18.9. The number of nitrogens with zero attached hydrogens (tertiary/aromatic N) is 2. The van der Waals surface area contributed by atoms with Gasteiger partial charge in [-0.15, -0.1) is 0 Å². The molecule has 0 fully saturated rings. The number of halogens is 1. The maximum atomic E-state index is 10.5. The van der Waals surface area contributed by atoms with Gasteiger partial charge in [0.2, 0.25) is 0 Å². The Morgan fingerprint density at radius 3 is 2.63 bits per heavy atom. The summed E-state index contributed by atoms with van der Waals surface area (Å²) < 4.78 is 1.88. The molecule has 19 heavy (non-hydrogen) atoms. The summed E-state index contributed by atoms with van der Waals surface area (Å²) in [6, 6.07) is 0. The summed E-state index contributed by atoms with van der Waals surface area (Å²) in [5.41, 5.74) is 1.00. The molecule has 0 amide bonds. The van der Waals surface area contributed by atoms with Crippen LogP contribution in [0.15, 0.2) is 0 Å². The van der Waals surface area contributed by atoms with Gasteiger partial charge < -0.3 is 10.4 Å². The number of aryl methyl sites for hydroxylation is 2. The molecule has 1 heterocycles. The van der Waals surface area contributed by atoms with Crippen molar-refractivity contribution < 1.29 is 5.11 Å². The van der Waals surface area contributed by atoms with E-state index in [1.165, 1.54) is 0 Å². The fourth-order valence-electron chi connectivity index (χ4n) is 2.15. The molecule has 0 aliphatic carbocycles. The second-order valence-corrected chi connectivity index (χ2v) is 5.71. The lowest BCUT2D eigenvalue weighted by Crippen LogP contribution is -2.33. The number of rotatable bonds is 8. The van der Waals surface area contributed by atoms with E-state index in [2.05, 4.69) is 17.3 Å². The molecule has 0 aliphatic heterocycles. The van der Waals surface area contributed by atoms with Gasteiger partial charge in [-0.25, -0.2) is 0 Å². The minimum Gasteiger partial charge on any atom is -0.390 e. The Labute approximate surface area is 121 Å². The topological polar surface area (TPSA) is 50.1 Å². The highest BCUT2D eigenvalue weighted by Crippen LogP contribution is 2.25. The van der Waals surface area contributed by atoms with E-state index in [0.29, 0.717) is 17.9 Å². The van der Waals surface area contributed by atoms with Gasteiger partial charge in [0.05, 0.1) is 22.0 Å². The Morgan fingerprint density at radius 1 is 1.37 bits per heavy atom.